The number of amides is 2. The molecule has 5 nitrogen and oxygen atoms in total. The number of rotatable bonds is 6. The van der Waals surface area contributed by atoms with Gasteiger partial charge in [-0.05, 0) is 48.2 Å². The topological polar surface area (TPSA) is 92.4 Å². The van der Waals surface area contributed by atoms with Crippen LogP contribution in [0.3, 0.4) is 0 Å². The van der Waals surface area contributed by atoms with E-state index < -0.39 is 35.7 Å². The average Bonchev–Trinajstić information content (AvgIpc) is 2.62. The van der Waals surface area contributed by atoms with E-state index in [4.69, 9.17) is 5.73 Å². The Kier molecular flexibility index (Phi) is 6.45. The molecule has 2 amide bonds. The molecular weight excluding hydrogens is 373 g/mol. The van der Waals surface area contributed by atoms with Gasteiger partial charge < -0.3 is 16.2 Å². The minimum atomic E-state index is -4.52. The second kappa shape index (κ2) is 8.43. The van der Waals surface area contributed by atoms with Crippen molar-refractivity contribution in [3.05, 3.63) is 70.3 Å². The second-order valence-corrected chi connectivity index (χ2v) is 6.61. The molecule has 0 saturated carbocycles. The van der Waals surface area contributed by atoms with Gasteiger partial charge in [0, 0.05) is 6.42 Å². The molecule has 4 N–H and O–H groups in total. The van der Waals surface area contributed by atoms with Crippen LogP contribution in [0.4, 0.5) is 13.2 Å². The highest BCUT2D eigenvalue weighted by Crippen LogP contribution is 2.30. The summed E-state index contributed by atoms with van der Waals surface area (Å²) in [7, 11) is 0. The summed E-state index contributed by atoms with van der Waals surface area (Å²) in [5.41, 5.74) is 7.28. The number of alkyl halides is 3. The fraction of sp³-hybridized carbons (Fsp3) is 0.300. The van der Waals surface area contributed by atoms with E-state index in [2.05, 4.69) is 5.32 Å². The van der Waals surface area contributed by atoms with Crippen molar-refractivity contribution in [2.45, 2.75) is 38.6 Å². The number of nitrogens with two attached hydrogens (primary N) is 1. The summed E-state index contributed by atoms with van der Waals surface area (Å²) in [4.78, 5) is 24.0. The molecule has 0 aliphatic carbocycles. The fourth-order valence-corrected chi connectivity index (χ4v) is 2.65. The predicted octanol–water partition coefficient (Wildman–Crippen LogP) is 2.57. The maximum atomic E-state index is 12.6. The minimum Gasteiger partial charge on any atom is -0.378 e. The van der Waals surface area contributed by atoms with Gasteiger partial charge in [-0.2, -0.15) is 13.2 Å². The lowest BCUT2D eigenvalue weighted by atomic mass is 10.00. The highest BCUT2D eigenvalue weighted by atomic mass is 19.4. The van der Waals surface area contributed by atoms with Gasteiger partial charge >= 0.3 is 6.18 Å². The maximum absolute atomic E-state index is 12.6. The Morgan fingerprint density at radius 2 is 1.68 bits per heavy atom. The largest absolute Gasteiger partial charge is 0.416 e. The Labute approximate surface area is 160 Å². The van der Waals surface area contributed by atoms with Crippen LogP contribution in [0.15, 0.2) is 42.5 Å². The molecule has 28 heavy (non-hydrogen) atoms. The molecular formula is C20H21F3N2O3. The Hall–Kier alpha value is -2.87. The van der Waals surface area contributed by atoms with Crippen molar-refractivity contribution in [2.75, 3.05) is 0 Å². The van der Waals surface area contributed by atoms with E-state index in [1.165, 1.54) is 0 Å². The van der Waals surface area contributed by atoms with Crippen LogP contribution in [0.2, 0.25) is 0 Å². The van der Waals surface area contributed by atoms with Crippen molar-refractivity contribution in [1.29, 1.82) is 0 Å². The first-order valence-electron chi connectivity index (χ1n) is 8.50. The summed E-state index contributed by atoms with van der Waals surface area (Å²) in [6, 6.07) is 8.03. The van der Waals surface area contributed by atoms with Crippen LogP contribution in [0.5, 0.6) is 0 Å². The highest BCUT2D eigenvalue weighted by Gasteiger charge is 2.31. The van der Waals surface area contributed by atoms with Gasteiger partial charge in [-0.1, -0.05) is 30.3 Å². The van der Waals surface area contributed by atoms with Crippen LogP contribution in [0, 0.1) is 13.8 Å². The van der Waals surface area contributed by atoms with E-state index in [1.807, 2.05) is 26.0 Å². The molecule has 2 atom stereocenters. The Bertz CT molecular complexity index is 864. The molecule has 8 heteroatoms. The normalized spacial score (nSPS) is 13.6. The molecule has 2 rings (SSSR count). The van der Waals surface area contributed by atoms with E-state index >= 15 is 0 Å². The Morgan fingerprint density at radius 1 is 1.07 bits per heavy atom. The number of aryl methyl sites for hydroxylation is 2. The molecule has 2 aromatic carbocycles. The first-order chi connectivity index (χ1) is 13.0. The van der Waals surface area contributed by atoms with Gasteiger partial charge in [-0.15, -0.1) is 0 Å². The van der Waals surface area contributed by atoms with Crippen LogP contribution in [-0.4, -0.2) is 23.0 Å². The fourth-order valence-electron chi connectivity index (χ4n) is 2.65. The molecule has 0 spiro atoms. The number of nitrogens with one attached hydrogen (secondary N) is 1. The summed E-state index contributed by atoms with van der Waals surface area (Å²) >= 11 is 0. The van der Waals surface area contributed by atoms with E-state index in [0.717, 1.165) is 41.0 Å². The third kappa shape index (κ3) is 5.32. The van der Waals surface area contributed by atoms with Crippen molar-refractivity contribution in [2.24, 2.45) is 5.73 Å². The van der Waals surface area contributed by atoms with Gasteiger partial charge in [0.25, 0.3) is 5.91 Å². The Morgan fingerprint density at radius 3 is 2.18 bits per heavy atom. The lowest BCUT2D eigenvalue weighted by Crippen LogP contribution is -2.47. The SMILES string of the molecule is Cc1ccc(C[C@H](NC(=O)[C@@H](O)c2ccc(C(F)(F)F)cc2)C(N)=O)cc1C. The summed E-state index contributed by atoms with van der Waals surface area (Å²) in [5, 5.41) is 12.5. The zero-order chi connectivity index (χ0) is 21.1. The van der Waals surface area contributed by atoms with Crippen LogP contribution >= 0.6 is 0 Å². The van der Waals surface area contributed by atoms with Gasteiger partial charge in [0.1, 0.15) is 6.04 Å². The summed E-state index contributed by atoms with van der Waals surface area (Å²) < 4.78 is 37.8. The number of primary amides is 1. The van der Waals surface area contributed by atoms with Crippen LogP contribution in [-0.2, 0) is 22.2 Å². The molecule has 0 aromatic heterocycles. The van der Waals surface area contributed by atoms with Gasteiger partial charge in [0.05, 0.1) is 5.56 Å². The van der Waals surface area contributed by atoms with Crippen LogP contribution < -0.4 is 11.1 Å². The van der Waals surface area contributed by atoms with E-state index in [-0.39, 0.29) is 12.0 Å². The molecule has 2 aromatic rings. The minimum absolute atomic E-state index is 0.0279. The molecule has 150 valence electrons. The molecule has 0 radical (unpaired) electrons. The molecule has 0 bridgehead atoms. The van der Waals surface area contributed by atoms with Crippen molar-refractivity contribution in [3.63, 3.8) is 0 Å². The summed E-state index contributed by atoms with van der Waals surface area (Å²) in [6.45, 7) is 3.85. The monoisotopic (exact) mass is 394 g/mol. The van der Waals surface area contributed by atoms with Crippen LogP contribution in [0.25, 0.3) is 0 Å². The first kappa shape index (κ1) is 21.4. The number of carbonyl (C=O) groups excluding carboxylic acids is 2. The summed E-state index contributed by atoms with van der Waals surface area (Å²) in [6.07, 6.45) is -6.12. The Balaban J connectivity index is 2.10. The second-order valence-electron chi connectivity index (χ2n) is 6.61. The molecule has 0 unspecified atom stereocenters. The number of carbonyl (C=O) groups is 2. The number of halogens is 3. The smallest absolute Gasteiger partial charge is 0.378 e. The zero-order valence-electron chi connectivity index (χ0n) is 15.4. The average molecular weight is 394 g/mol. The van der Waals surface area contributed by atoms with E-state index in [0.29, 0.717) is 0 Å². The molecule has 0 fully saturated rings. The van der Waals surface area contributed by atoms with Crippen molar-refractivity contribution in [3.8, 4) is 0 Å². The van der Waals surface area contributed by atoms with Gasteiger partial charge in [0.15, 0.2) is 6.10 Å². The third-order valence-corrected chi connectivity index (χ3v) is 4.47. The van der Waals surface area contributed by atoms with E-state index in [1.54, 1.807) is 6.07 Å². The van der Waals surface area contributed by atoms with Gasteiger partial charge in [-0.3, -0.25) is 9.59 Å². The number of hydrogen-bond donors (Lipinski definition) is 3. The van der Waals surface area contributed by atoms with Gasteiger partial charge in [0.2, 0.25) is 5.91 Å². The third-order valence-electron chi connectivity index (χ3n) is 4.47. The van der Waals surface area contributed by atoms with Crippen molar-refractivity contribution >= 4 is 11.8 Å². The number of aliphatic hydroxyl groups is 1. The molecule has 0 aliphatic heterocycles. The molecule has 0 aliphatic rings. The zero-order valence-corrected chi connectivity index (χ0v) is 15.4. The maximum Gasteiger partial charge on any atom is 0.416 e. The van der Waals surface area contributed by atoms with Gasteiger partial charge in [-0.25, -0.2) is 0 Å². The van der Waals surface area contributed by atoms with Crippen molar-refractivity contribution < 1.29 is 27.9 Å². The quantitative estimate of drug-likeness (QED) is 0.703. The predicted molar refractivity (Wildman–Crippen MR) is 97.1 cm³/mol. The van der Waals surface area contributed by atoms with E-state index in [9.17, 15) is 27.9 Å². The number of benzene rings is 2. The highest BCUT2D eigenvalue weighted by molar-refractivity contribution is 5.89. The lowest BCUT2D eigenvalue weighted by Gasteiger charge is -2.19. The molecule has 0 heterocycles. The first-order valence-corrected chi connectivity index (χ1v) is 8.50. The number of aliphatic hydroxyl groups excluding tert-OH is 1. The molecule has 0 saturated heterocycles. The lowest BCUT2D eigenvalue weighted by molar-refractivity contribution is -0.137. The van der Waals surface area contributed by atoms with Crippen molar-refractivity contribution in [1.82, 2.24) is 5.32 Å². The van der Waals surface area contributed by atoms with Crippen LogP contribution in [0.1, 0.15) is 33.9 Å². The standard InChI is InChI=1S/C20H21F3N2O3/c1-11-3-4-13(9-12(11)2)10-16(18(24)27)25-19(28)17(26)14-5-7-15(8-6-14)20(21,22)23/h3-9,16-17,26H,10H2,1-2H3,(H2,24,27)(H,25,28)/t16-,17-/m0/s1. The number of hydrogen-bond acceptors (Lipinski definition) is 3. The summed E-state index contributed by atoms with van der Waals surface area (Å²) in [5.74, 6) is -1.71.